The molecule has 0 aromatic rings. The van der Waals surface area contributed by atoms with Gasteiger partial charge in [0.25, 0.3) is 0 Å². The lowest BCUT2D eigenvalue weighted by Crippen LogP contribution is -1.99. The lowest BCUT2D eigenvalue weighted by atomic mass is 9.91. The van der Waals surface area contributed by atoms with Crippen molar-refractivity contribution in [2.75, 3.05) is 6.67 Å². The summed E-state index contributed by atoms with van der Waals surface area (Å²) in [5.74, 6) is 1.04. The van der Waals surface area contributed by atoms with Crippen molar-refractivity contribution in [1.29, 1.82) is 0 Å². The van der Waals surface area contributed by atoms with E-state index in [0.717, 1.165) is 29.1 Å². The Hall–Kier alpha value is -0.850. The molecule has 0 bridgehead atoms. The van der Waals surface area contributed by atoms with Crippen LogP contribution in [0.4, 0.5) is 4.39 Å². The van der Waals surface area contributed by atoms with E-state index < -0.39 is 0 Å². The molecule has 0 heterocycles. The van der Waals surface area contributed by atoms with Crippen LogP contribution >= 0.6 is 0 Å². The van der Waals surface area contributed by atoms with Crippen LogP contribution in [0.25, 0.3) is 0 Å². The molecule has 21 heavy (non-hydrogen) atoms. The number of hydrogen-bond donors (Lipinski definition) is 0. The molecule has 0 saturated heterocycles. The van der Waals surface area contributed by atoms with Crippen molar-refractivity contribution in [3.63, 3.8) is 0 Å². The van der Waals surface area contributed by atoms with Gasteiger partial charge in [-0.3, -0.25) is 0 Å². The second-order valence-electron chi connectivity index (χ2n) is 6.56. The fraction of sp³-hybridized carbons (Fsp3) is 0.700. The van der Waals surface area contributed by atoms with E-state index in [1.807, 2.05) is 33.8 Å². The number of allylic oxidation sites excluding steroid dienone is 6. The second-order valence-corrected chi connectivity index (χ2v) is 6.56. The van der Waals surface area contributed by atoms with Crippen molar-refractivity contribution in [3.05, 3.63) is 34.4 Å². The van der Waals surface area contributed by atoms with Crippen molar-refractivity contribution in [1.82, 2.24) is 0 Å². The largest absolute Gasteiger partial charge is 0.246 e. The van der Waals surface area contributed by atoms with Gasteiger partial charge in [-0.2, -0.15) is 0 Å². The molecule has 0 aromatic carbocycles. The Labute approximate surface area is 132 Å². The summed E-state index contributed by atoms with van der Waals surface area (Å²) in [7, 11) is 0. The monoisotopic (exact) mass is 294 g/mol. The minimum atomic E-state index is -0.377. The highest BCUT2D eigenvalue weighted by Crippen LogP contribution is 2.22. The highest BCUT2D eigenvalue weighted by atomic mass is 19.1. The van der Waals surface area contributed by atoms with Crippen LogP contribution in [0.1, 0.15) is 80.1 Å². The van der Waals surface area contributed by atoms with Crippen molar-refractivity contribution in [2.24, 2.45) is 5.92 Å². The first-order valence-corrected chi connectivity index (χ1v) is 8.50. The topological polar surface area (TPSA) is 0 Å². The summed E-state index contributed by atoms with van der Waals surface area (Å²) in [4.78, 5) is 0. The highest BCUT2D eigenvalue weighted by molar-refractivity contribution is 5.39. The van der Waals surface area contributed by atoms with Gasteiger partial charge in [0.05, 0.1) is 0 Å². The van der Waals surface area contributed by atoms with Crippen LogP contribution in [0, 0.1) is 5.92 Å². The number of halogens is 1. The molecule has 122 valence electrons. The maximum atomic E-state index is 12.8. The van der Waals surface area contributed by atoms with Gasteiger partial charge in [-0.1, -0.05) is 63.7 Å². The molecule has 0 aromatic heterocycles. The lowest BCUT2D eigenvalue weighted by molar-refractivity contribution is 0.385. The van der Waals surface area contributed by atoms with E-state index in [1.54, 1.807) is 0 Å². The Morgan fingerprint density at radius 2 is 1.62 bits per heavy atom. The average molecular weight is 294 g/mol. The molecule has 0 nitrogen and oxygen atoms in total. The van der Waals surface area contributed by atoms with Gasteiger partial charge in [0.2, 0.25) is 0 Å². The van der Waals surface area contributed by atoms with Gasteiger partial charge in [0, 0.05) is 0 Å². The highest BCUT2D eigenvalue weighted by Gasteiger charge is 2.06. The van der Waals surface area contributed by atoms with E-state index in [0.29, 0.717) is 0 Å². The third kappa shape index (κ3) is 9.66. The van der Waals surface area contributed by atoms with Crippen molar-refractivity contribution >= 4 is 0 Å². The Morgan fingerprint density at radius 3 is 1.95 bits per heavy atom. The summed E-state index contributed by atoms with van der Waals surface area (Å²) in [6.07, 6.45) is 12.5. The van der Waals surface area contributed by atoms with E-state index in [1.165, 1.54) is 37.7 Å². The van der Waals surface area contributed by atoms with E-state index in [2.05, 4.69) is 19.9 Å². The number of hydrogen-bond acceptors (Lipinski definition) is 0. The molecular formula is C20H35F. The predicted octanol–water partition coefficient (Wildman–Crippen LogP) is 7.18. The lowest BCUT2D eigenvalue weighted by Gasteiger charge is -2.15. The minimum Gasteiger partial charge on any atom is -0.246 e. The minimum absolute atomic E-state index is 0.377. The first-order chi connectivity index (χ1) is 9.92. The molecule has 0 N–H and O–H groups in total. The Balaban J connectivity index is 0.000000471. The summed E-state index contributed by atoms with van der Waals surface area (Å²) in [6.45, 7) is 12.0. The van der Waals surface area contributed by atoms with Crippen LogP contribution in [0.2, 0.25) is 0 Å². The quantitative estimate of drug-likeness (QED) is 0.482. The zero-order valence-electron chi connectivity index (χ0n) is 15.1. The molecule has 1 aliphatic carbocycles. The van der Waals surface area contributed by atoms with E-state index in [4.69, 9.17) is 0 Å². The second kappa shape index (κ2) is 11.8. The summed E-state index contributed by atoms with van der Waals surface area (Å²) in [5.41, 5.74) is 4.13. The van der Waals surface area contributed by atoms with Gasteiger partial charge in [-0.15, -0.1) is 0 Å². The standard InChI is InChI=1S/C13H21F.C7H14/c1-6-7-11(4)13(9-14)12(5)8-10(2)3;1-7-5-3-2-4-6-7/h7-8H,6,9H2,1-5H3;7H,2-6H2,1H3/b11-7+,13-12-;. The molecule has 0 atom stereocenters. The molecule has 0 amide bonds. The first-order valence-electron chi connectivity index (χ1n) is 8.50. The Kier molecular flexibility index (Phi) is 11.3. The van der Waals surface area contributed by atoms with Gasteiger partial charge in [0.15, 0.2) is 0 Å². The van der Waals surface area contributed by atoms with Crippen LogP contribution < -0.4 is 0 Å². The Bertz CT molecular complexity index is 361. The zero-order valence-corrected chi connectivity index (χ0v) is 15.1. The maximum Gasteiger partial charge on any atom is 0.115 e. The molecule has 1 rings (SSSR count). The first kappa shape index (κ1) is 20.1. The molecule has 1 aliphatic rings. The van der Waals surface area contributed by atoms with Gasteiger partial charge in [-0.25, -0.2) is 4.39 Å². The van der Waals surface area contributed by atoms with Gasteiger partial charge < -0.3 is 0 Å². The van der Waals surface area contributed by atoms with Crippen LogP contribution in [-0.4, -0.2) is 6.67 Å². The maximum absolute atomic E-state index is 12.8. The van der Waals surface area contributed by atoms with Crippen molar-refractivity contribution in [2.45, 2.75) is 80.1 Å². The van der Waals surface area contributed by atoms with Crippen molar-refractivity contribution < 1.29 is 4.39 Å². The molecule has 0 aliphatic heterocycles. The average Bonchev–Trinajstić information content (AvgIpc) is 2.40. The van der Waals surface area contributed by atoms with Gasteiger partial charge >= 0.3 is 0 Å². The smallest absolute Gasteiger partial charge is 0.115 e. The fourth-order valence-electron chi connectivity index (χ4n) is 2.78. The van der Waals surface area contributed by atoms with E-state index >= 15 is 0 Å². The summed E-state index contributed by atoms with van der Waals surface area (Å²) < 4.78 is 12.8. The molecular weight excluding hydrogens is 259 g/mol. The van der Waals surface area contributed by atoms with Crippen LogP contribution in [0.5, 0.6) is 0 Å². The summed E-state index contributed by atoms with van der Waals surface area (Å²) in [5, 5.41) is 0. The third-order valence-corrected chi connectivity index (χ3v) is 3.99. The number of rotatable bonds is 4. The molecule has 0 radical (unpaired) electrons. The van der Waals surface area contributed by atoms with Crippen LogP contribution in [-0.2, 0) is 0 Å². The van der Waals surface area contributed by atoms with Crippen LogP contribution in [0.15, 0.2) is 34.4 Å². The van der Waals surface area contributed by atoms with Gasteiger partial charge in [-0.05, 0) is 56.8 Å². The summed E-state index contributed by atoms with van der Waals surface area (Å²) >= 11 is 0. The van der Waals surface area contributed by atoms with Crippen LogP contribution in [0.3, 0.4) is 0 Å². The number of alkyl halides is 1. The molecule has 1 heteroatoms. The summed E-state index contributed by atoms with van der Waals surface area (Å²) in [6, 6.07) is 0. The normalized spacial score (nSPS) is 17.6. The van der Waals surface area contributed by atoms with E-state index in [9.17, 15) is 4.39 Å². The SMILES string of the molecule is CC/C=C(C)/C(CF)=C(/C)C=C(C)C.CC1CCCCC1. The predicted molar refractivity (Wildman–Crippen MR) is 94.4 cm³/mol. The van der Waals surface area contributed by atoms with Gasteiger partial charge in [0.1, 0.15) is 6.67 Å². The Morgan fingerprint density at radius 1 is 1.05 bits per heavy atom. The van der Waals surface area contributed by atoms with E-state index in [-0.39, 0.29) is 6.67 Å². The third-order valence-electron chi connectivity index (χ3n) is 3.99. The zero-order chi connectivity index (χ0) is 16.3. The van der Waals surface area contributed by atoms with Crippen molar-refractivity contribution in [3.8, 4) is 0 Å². The molecule has 1 saturated carbocycles. The molecule has 0 spiro atoms. The fourth-order valence-corrected chi connectivity index (χ4v) is 2.78. The molecule has 0 unspecified atom stereocenters. The molecule has 1 fully saturated rings.